The van der Waals surface area contributed by atoms with Crippen LogP contribution in [0.25, 0.3) is 0 Å². The number of nitrogens with zero attached hydrogens (tertiary/aromatic N) is 2. The van der Waals surface area contributed by atoms with E-state index < -0.39 is 28.5 Å². The number of amides is 2. The minimum Gasteiger partial charge on any atom is -0.492 e. The molecule has 9 heteroatoms. The van der Waals surface area contributed by atoms with Gasteiger partial charge in [0.05, 0.1) is 17.2 Å². The monoisotopic (exact) mass is 605 g/mol. The van der Waals surface area contributed by atoms with Crippen LogP contribution in [0.1, 0.15) is 63.5 Å². The molecule has 1 atom stereocenters. The molecule has 230 valence electrons. The van der Waals surface area contributed by atoms with E-state index in [2.05, 4.69) is 5.32 Å². The first-order valence-electron chi connectivity index (χ1n) is 15.2. The predicted octanol–water partition coefficient (Wildman–Crippen LogP) is 5.85. The summed E-state index contributed by atoms with van der Waals surface area (Å²) in [5.41, 5.74) is 2.16. The molecule has 0 aliphatic heterocycles. The Kier molecular flexibility index (Phi) is 11.2. The summed E-state index contributed by atoms with van der Waals surface area (Å²) in [5.74, 6) is -0.329. The van der Waals surface area contributed by atoms with Gasteiger partial charge in [-0.2, -0.15) is 0 Å². The topological polar surface area (TPSA) is 96.0 Å². The zero-order valence-corrected chi connectivity index (χ0v) is 26.2. The summed E-state index contributed by atoms with van der Waals surface area (Å²) in [6, 6.07) is 22.0. The molecule has 3 aromatic rings. The van der Waals surface area contributed by atoms with Crippen LogP contribution >= 0.6 is 0 Å². The Morgan fingerprint density at radius 3 is 2.30 bits per heavy atom. The maximum Gasteiger partial charge on any atom is 0.264 e. The lowest BCUT2D eigenvalue weighted by molar-refractivity contribution is -0.140. The van der Waals surface area contributed by atoms with Crippen molar-refractivity contribution in [1.82, 2.24) is 10.2 Å². The summed E-state index contributed by atoms with van der Waals surface area (Å²) in [7, 11) is -4.17. The van der Waals surface area contributed by atoms with Gasteiger partial charge in [-0.05, 0) is 62.9 Å². The number of nitrogens with one attached hydrogen (secondary N) is 1. The van der Waals surface area contributed by atoms with Gasteiger partial charge in [0, 0.05) is 12.6 Å². The molecule has 8 nitrogen and oxygen atoms in total. The molecule has 4 rings (SSSR count). The van der Waals surface area contributed by atoms with Crippen molar-refractivity contribution in [3.63, 3.8) is 0 Å². The molecule has 1 N–H and O–H groups in total. The van der Waals surface area contributed by atoms with E-state index in [1.807, 2.05) is 45.0 Å². The van der Waals surface area contributed by atoms with Gasteiger partial charge in [-0.25, -0.2) is 8.42 Å². The molecule has 0 heterocycles. The van der Waals surface area contributed by atoms with Crippen molar-refractivity contribution in [3.05, 3.63) is 90.0 Å². The number of ether oxygens (including phenoxy) is 1. The van der Waals surface area contributed by atoms with Gasteiger partial charge in [-0.15, -0.1) is 0 Å². The Morgan fingerprint density at radius 2 is 1.63 bits per heavy atom. The van der Waals surface area contributed by atoms with E-state index in [0.717, 1.165) is 47.5 Å². The number of benzene rings is 3. The highest BCUT2D eigenvalue weighted by molar-refractivity contribution is 7.92. The summed E-state index contributed by atoms with van der Waals surface area (Å²) < 4.78 is 35.1. The Bertz CT molecular complexity index is 1470. The number of anilines is 1. The molecule has 43 heavy (non-hydrogen) atoms. The molecule has 1 saturated carbocycles. The second-order valence-electron chi connectivity index (χ2n) is 11.0. The van der Waals surface area contributed by atoms with E-state index in [4.69, 9.17) is 4.74 Å². The first-order chi connectivity index (χ1) is 20.7. The van der Waals surface area contributed by atoms with E-state index in [1.54, 1.807) is 42.5 Å². The van der Waals surface area contributed by atoms with Crippen LogP contribution in [-0.2, 0) is 26.2 Å². The van der Waals surface area contributed by atoms with Crippen LogP contribution < -0.4 is 14.4 Å². The maximum atomic E-state index is 14.4. The molecule has 0 bridgehead atoms. The number of aryl methyl sites for hydroxylation is 1. The molecule has 0 unspecified atom stereocenters. The van der Waals surface area contributed by atoms with E-state index in [1.165, 1.54) is 17.0 Å². The summed E-state index contributed by atoms with van der Waals surface area (Å²) in [5, 5.41) is 3.18. The number of rotatable bonds is 13. The van der Waals surface area contributed by atoms with Crippen molar-refractivity contribution in [2.24, 2.45) is 0 Å². The lowest BCUT2D eigenvalue weighted by Crippen LogP contribution is -2.54. The maximum absolute atomic E-state index is 14.4. The fraction of sp³-hybridized carbons (Fsp3) is 0.412. The molecule has 0 radical (unpaired) electrons. The van der Waals surface area contributed by atoms with E-state index in [0.29, 0.717) is 18.8 Å². The molecular weight excluding hydrogens is 562 g/mol. The summed E-state index contributed by atoms with van der Waals surface area (Å²) in [6.45, 7) is 5.66. The number of para-hydroxylation sites is 2. The standard InChI is InChI=1S/C34H43N3O5S/c1-4-30(34(39)35-28-17-8-6-9-18-28)36(24-27-16-14-15-26(3)23-27)33(38)25-37(31-21-12-13-22-32(31)42-5-2)43(40,41)29-19-10-7-11-20-29/h7,10-16,19-23,28,30H,4-6,8-9,17-18,24-25H2,1-3H3,(H,35,39)/t30-/m1/s1. The average molecular weight is 606 g/mol. The number of carbonyl (C=O) groups is 2. The molecule has 0 spiro atoms. The molecule has 1 aliphatic carbocycles. The van der Waals surface area contributed by atoms with Crippen LogP contribution in [0, 0.1) is 6.92 Å². The van der Waals surface area contributed by atoms with Gasteiger partial charge >= 0.3 is 0 Å². The molecule has 1 fully saturated rings. The number of hydrogen-bond acceptors (Lipinski definition) is 5. The third-order valence-corrected chi connectivity index (χ3v) is 9.59. The zero-order valence-electron chi connectivity index (χ0n) is 25.4. The van der Waals surface area contributed by atoms with E-state index in [9.17, 15) is 18.0 Å². The SMILES string of the molecule is CCOc1ccccc1N(CC(=O)N(Cc1cccc(C)c1)[C@H](CC)C(=O)NC1CCCCC1)S(=O)(=O)c1ccccc1. The highest BCUT2D eigenvalue weighted by Crippen LogP contribution is 2.33. The lowest BCUT2D eigenvalue weighted by Gasteiger charge is -2.34. The van der Waals surface area contributed by atoms with Crippen molar-refractivity contribution in [3.8, 4) is 5.75 Å². The van der Waals surface area contributed by atoms with Crippen molar-refractivity contribution >= 4 is 27.5 Å². The normalized spacial score (nSPS) is 14.5. The third-order valence-electron chi connectivity index (χ3n) is 7.82. The van der Waals surface area contributed by atoms with Crippen LogP contribution in [0.3, 0.4) is 0 Å². The highest BCUT2D eigenvalue weighted by Gasteiger charge is 2.35. The summed E-state index contributed by atoms with van der Waals surface area (Å²) >= 11 is 0. The Hall–Kier alpha value is -3.85. The van der Waals surface area contributed by atoms with Gasteiger partial charge in [-0.1, -0.05) is 86.3 Å². The van der Waals surface area contributed by atoms with Crippen LogP contribution in [0.5, 0.6) is 5.75 Å². The van der Waals surface area contributed by atoms with E-state index >= 15 is 0 Å². The van der Waals surface area contributed by atoms with Crippen LogP contribution in [0.4, 0.5) is 5.69 Å². The van der Waals surface area contributed by atoms with Gasteiger partial charge < -0.3 is 15.0 Å². The summed E-state index contributed by atoms with van der Waals surface area (Å²) in [4.78, 5) is 29.6. The first-order valence-corrected chi connectivity index (χ1v) is 16.6. The average Bonchev–Trinajstić information content (AvgIpc) is 3.01. The number of carbonyl (C=O) groups excluding carboxylic acids is 2. The molecule has 1 aliphatic rings. The minimum atomic E-state index is -4.17. The summed E-state index contributed by atoms with van der Waals surface area (Å²) in [6.07, 6.45) is 5.53. The van der Waals surface area contributed by atoms with Crippen molar-refractivity contribution in [2.45, 2.75) is 82.8 Å². The molecule has 0 aromatic heterocycles. The highest BCUT2D eigenvalue weighted by atomic mass is 32.2. The minimum absolute atomic E-state index is 0.0569. The van der Waals surface area contributed by atoms with Crippen LogP contribution in [0.15, 0.2) is 83.8 Å². The van der Waals surface area contributed by atoms with Gasteiger partial charge in [0.2, 0.25) is 11.8 Å². The second-order valence-corrected chi connectivity index (χ2v) is 12.9. The van der Waals surface area contributed by atoms with Crippen LogP contribution in [-0.4, -0.2) is 50.4 Å². The van der Waals surface area contributed by atoms with Crippen molar-refractivity contribution in [1.29, 1.82) is 0 Å². The molecule has 3 aromatic carbocycles. The number of sulfonamides is 1. The second kappa shape index (κ2) is 15.0. The van der Waals surface area contributed by atoms with Gasteiger partial charge in [0.15, 0.2) is 0 Å². The largest absolute Gasteiger partial charge is 0.492 e. The number of hydrogen-bond donors (Lipinski definition) is 1. The fourth-order valence-corrected chi connectivity index (χ4v) is 7.09. The Labute approximate surface area is 256 Å². The lowest BCUT2D eigenvalue weighted by atomic mass is 9.95. The van der Waals surface area contributed by atoms with Gasteiger partial charge in [0.1, 0.15) is 18.3 Å². The van der Waals surface area contributed by atoms with Gasteiger partial charge in [-0.3, -0.25) is 13.9 Å². The third kappa shape index (κ3) is 8.16. The van der Waals surface area contributed by atoms with E-state index in [-0.39, 0.29) is 29.1 Å². The Balaban J connectivity index is 1.73. The first kappa shape index (κ1) is 32.1. The van der Waals surface area contributed by atoms with Crippen LogP contribution in [0.2, 0.25) is 0 Å². The van der Waals surface area contributed by atoms with Crippen molar-refractivity contribution < 1.29 is 22.7 Å². The fourth-order valence-electron chi connectivity index (χ4n) is 5.64. The zero-order chi connectivity index (χ0) is 30.8. The predicted molar refractivity (Wildman–Crippen MR) is 169 cm³/mol. The quantitative estimate of drug-likeness (QED) is 0.264. The van der Waals surface area contributed by atoms with Gasteiger partial charge in [0.25, 0.3) is 10.0 Å². The Morgan fingerprint density at radius 1 is 0.930 bits per heavy atom. The molecule has 2 amide bonds. The molecular formula is C34H43N3O5S. The smallest absolute Gasteiger partial charge is 0.264 e. The van der Waals surface area contributed by atoms with Crippen molar-refractivity contribution in [2.75, 3.05) is 17.5 Å². The molecule has 0 saturated heterocycles.